The number of carboxylic acids is 1. The molecule has 0 radical (unpaired) electrons. The van der Waals surface area contributed by atoms with E-state index in [9.17, 15) is 9.90 Å². The van der Waals surface area contributed by atoms with Gasteiger partial charge in [-0.25, -0.2) is 9.78 Å². The number of imidazole rings is 1. The number of hydrogen-bond donors (Lipinski definition) is 2. The van der Waals surface area contributed by atoms with Gasteiger partial charge in [0.2, 0.25) is 0 Å². The summed E-state index contributed by atoms with van der Waals surface area (Å²) in [6.07, 6.45) is 0. The van der Waals surface area contributed by atoms with E-state index in [1.165, 1.54) is 0 Å². The molecule has 0 spiro atoms. The minimum atomic E-state index is -0.896. The maximum atomic E-state index is 11.4. The summed E-state index contributed by atoms with van der Waals surface area (Å²) in [5.74, 6) is -0.0314. The van der Waals surface area contributed by atoms with Crippen molar-refractivity contribution in [3.63, 3.8) is 0 Å². The van der Waals surface area contributed by atoms with E-state index in [0.29, 0.717) is 5.56 Å². The molecular formula is C15H9I3N2O2. The highest BCUT2D eigenvalue weighted by atomic mass is 127. The smallest absolute Gasteiger partial charge is 0.337 e. The third-order valence-corrected chi connectivity index (χ3v) is 7.38. The second-order valence-electron chi connectivity index (χ2n) is 4.74. The lowest BCUT2D eigenvalue weighted by Gasteiger charge is -2.12. The van der Waals surface area contributed by atoms with Gasteiger partial charge in [0.05, 0.1) is 16.6 Å². The van der Waals surface area contributed by atoms with E-state index < -0.39 is 5.97 Å². The number of aromatic nitrogens is 2. The number of rotatable bonds is 2. The van der Waals surface area contributed by atoms with E-state index in [4.69, 9.17) is 0 Å². The molecule has 22 heavy (non-hydrogen) atoms. The molecule has 0 saturated heterocycles. The number of H-pyrrole nitrogens is 1. The Balaban J connectivity index is 2.34. The van der Waals surface area contributed by atoms with Gasteiger partial charge in [-0.05, 0) is 92.4 Å². The summed E-state index contributed by atoms with van der Waals surface area (Å²) in [6, 6.07) is 7.92. The number of aryl methyl sites for hydroxylation is 1. The Morgan fingerprint density at radius 3 is 2.59 bits per heavy atom. The van der Waals surface area contributed by atoms with Crippen LogP contribution in [-0.4, -0.2) is 21.0 Å². The van der Waals surface area contributed by atoms with Crippen LogP contribution in [0.25, 0.3) is 22.2 Å². The molecule has 1 heterocycles. The summed E-state index contributed by atoms with van der Waals surface area (Å²) in [5.41, 5.74) is 4.28. The lowest BCUT2D eigenvalue weighted by atomic mass is 10.0. The average Bonchev–Trinajstić information content (AvgIpc) is 2.82. The first kappa shape index (κ1) is 16.4. The third kappa shape index (κ3) is 2.75. The second kappa shape index (κ2) is 6.23. The largest absolute Gasteiger partial charge is 0.478 e. The Hall–Kier alpha value is -0.430. The summed E-state index contributed by atoms with van der Waals surface area (Å²) >= 11 is 6.40. The van der Waals surface area contributed by atoms with Crippen LogP contribution in [0, 0.1) is 17.6 Å². The monoisotopic (exact) mass is 630 g/mol. The Labute approximate surface area is 167 Å². The van der Waals surface area contributed by atoms with Crippen molar-refractivity contribution in [1.29, 1.82) is 0 Å². The number of nitrogens with zero attached hydrogens (tertiary/aromatic N) is 1. The highest BCUT2D eigenvalue weighted by molar-refractivity contribution is 14.1. The number of fused-ring (bicyclic) bond motifs is 1. The standard InChI is InChI=1S/C15H9I3N2O2/c1-6-19-10-4-2-3-7(14(10)20-6)8-5-9(16)11(15(21)22)13(18)12(8)17/h2-5H,1H3,(H,19,20)(H,21,22). The van der Waals surface area contributed by atoms with Crippen molar-refractivity contribution in [2.45, 2.75) is 6.92 Å². The van der Waals surface area contributed by atoms with Gasteiger partial charge in [0.25, 0.3) is 0 Å². The number of para-hydroxylation sites is 1. The van der Waals surface area contributed by atoms with E-state index in [1.807, 2.05) is 31.2 Å². The molecule has 0 aliphatic heterocycles. The molecule has 3 aromatic rings. The zero-order valence-corrected chi connectivity index (χ0v) is 17.7. The maximum Gasteiger partial charge on any atom is 0.337 e. The van der Waals surface area contributed by atoms with Crippen molar-refractivity contribution in [3.05, 3.63) is 46.4 Å². The molecule has 0 saturated carbocycles. The van der Waals surface area contributed by atoms with Crippen molar-refractivity contribution in [3.8, 4) is 11.1 Å². The molecule has 2 N–H and O–H groups in total. The SMILES string of the molecule is Cc1nc2c(-c3cc(I)c(C(=O)O)c(I)c3I)cccc2[nH]1. The van der Waals surface area contributed by atoms with Gasteiger partial charge in [-0.2, -0.15) is 0 Å². The fourth-order valence-corrected chi connectivity index (χ4v) is 5.22. The molecule has 0 fully saturated rings. The van der Waals surface area contributed by atoms with E-state index in [1.54, 1.807) is 0 Å². The van der Waals surface area contributed by atoms with Gasteiger partial charge in [-0.1, -0.05) is 12.1 Å². The maximum absolute atomic E-state index is 11.4. The number of carbonyl (C=O) groups is 1. The minimum Gasteiger partial charge on any atom is -0.478 e. The van der Waals surface area contributed by atoms with Crippen molar-refractivity contribution in [2.24, 2.45) is 0 Å². The fourth-order valence-electron chi connectivity index (χ4n) is 2.36. The Bertz CT molecular complexity index is 919. The van der Waals surface area contributed by atoms with Crippen molar-refractivity contribution in [1.82, 2.24) is 9.97 Å². The number of benzene rings is 2. The van der Waals surface area contributed by atoms with Crippen molar-refractivity contribution in [2.75, 3.05) is 0 Å². The van der Waals surface area contributed by atoms with E-state index in [2.05, 4.69) is 77.7 Å². The van der Waals surface area contributed by atoms with Crippen LogP contribution < -0.4 is 0 Å². The normalized spacial score (nSPS) is 11.1. The summed E-state index contributed by atoms with van der Waals surface area (Å²) in [5, 5.41) is 9.38. The number of carboxylic acid groups (broad SMARTS) is 1. The Morgan fingerprint density at radius 2 is 1.91 bits per heavy atom. The zero-order chi connectivity index (χ0) is 16.0. The van der Waals surface area contributed by atoms with Gasteiger partial charge < -0.3 is 10.1 Å². The van der Waals surface area contributed by atoms with Gasteiger partial charge in [0.15, 0.2) is 0 Å². The summed E-state index contributed by atoms with van der Waals surface area (Å²) < 4.78 is 2.43. The van der Waals surface area contributed by atoms with Crippen LogP contribution in [0.4, 0.5) is 0 Å². The Kier molecular flexibility index (Phi) is 4.65. The molecule has 0 bridgehead atoms. The molecule has 1 aromatic heterocycles. The molecule has 7 heteroatoms. The Morgan fingerprint density at radius 1 is 1.18 bits per heavy atom. The van der Waals surface area contributed by atoms with E-state index >= 15 is 0 Å². The van der Waals surface area contributed by atoms with Crippen LogP contribution in [0.15, 0.2) is 24.3 Å². The molecular weight excluding hydrogens is 621 g/mol. The number of aromatic amines is 1. The van der Waals surface area contributed by atoms with Gasteiger partial charge in [-0.15, -0.1) is 0 Å². The first-order chi connectivity index (χ1) is 10.4. The van der Waals surface area contributed by atoms with Crippen LogP contribution in [-0.2, 0) is 0 Å². The number of hydrogen-bond acceptors (Lipinski definition) is 2. The summed E-state index contributed by atoms with van der Waals surface area (Å²) in [7, 11) is 0. The highest BCUT2D eigenvalue weighted by Gasteiger charge is 2.20. The highest BCUT2D eigenvalue weighted by Crippen LogP contribution is 2.36. The molecule has 0 amide bonds. The number of aromatic carboxylic acids is 1. The molecule has 4 nitrogen and oxygen atoms in total. The van der Waals surface area contributed by atoms with Gasteiger partial charge >= 0.3 is 5.97 Å². The topological polar surface area (TPSA) is 66.0 Å². The lowest BCUT2D eigenvalue weighted by Crippen LogP contribution is -2.06. The van der Waals surface area contributed by atoms with Crippen molar-refractivity contribution < 1.29 is 9.90 Å². The number of nitrogens with one attached hydrogen (secondary N) is 1. The molecule has 112 valence electrons. The average molecular weight is 630 g/mol. The first-order valence-electron chi connectivity index (χ1n) is 6.26. The predicted molar refractivity (Wildman–Crippen MR) is 111 cm³/mol. The molecule has 0 unspecified atom stereocenters. The quantitative estimate of drug-likeness (QED) is 0.308. The van der Waals surface area contributed by atoms with E-state index in [0.717, 1.165) is 38.7 Å². The zero-order valence-electron chi connectivity index (χ0n) is 11.2. The lowest BCUT2D eigenvalue weighted by molar-refractivity contribution is 0.0694. The van der Waals surface area contributed by atoms with Crippen LogP contribution in [0.5, 0.6) is 0 Å². The minimum absolute atomic E-state index is 0.361. The summed E-state index contributed by atoms with van der Waals surface area (Å²) in [6.45, 7) is 1.93. The molecule has 3 rings (SSSR count). The molecule has 2 aromatic carbocycles. The van der Waals surface area contributed by atoms with E-state index in [-0.39, 0.29) is 0 Å². The second-order valence-corrected chi connectivity index (χ2v) is 8.06. The number of halogens is 3. The van der Waals surface area contributed by atoms with Gasteiger partial charge in [0.1, 0.15) is 5.82 Å². The predicted octanol–water partition coefficient (Wildman–Crippen LogP) is 5.05. The van der Waals surface area contributed by atoms with Gasteiger partial charge in [-0.3, -0.25) is 0 Å². The molecule has 0 atom stereocenters. The first-order valence-corrected chi connectivity index (χ1v) is 9.50. The van der Waals surface area contributed by atoms with Crippen molar-refractivity contribution >= 4 is 84.8 Å². The van der Waals surface area contributed by atoms with Crippen LogP contribution in [0.2, 0.25) is 0 Å². The van der Waals surface area contributed by atoms with Crippen LogP contribution >= 0.6 is 67.8 Å². The van der Waals surface area contributed by atoms with Crippen LogP contribution in [0.3, 0.4) is 0 Å². The third-order valence-electron chi connectivity index (χ3n) is 3.29. The summed E-state index contributed by atoms with van der Waals surface area (Å²) in [4.78, 5) is 19.2. The molecule has 0 aliphatic carbocycles. The van der Waals surface area contributed by atoms with Gasteiger partial charge in [0, 0.05) is 16.3 Å². The fraction of sp³-hybridized carbons (Fsp3) is 0.0667. The van der Waals surface area contributed by atoms with Crippen LogP contribution in [0.1, 0.15) is 16.2 Å². The molecule has 0 aliphatic rings.